The summed E-state index contributed by atoms with van der Waals surface area (Å²) in [6.07, 6.45) is 0. The molecule has 2 aromatic heterocycles. The quantitative estimate of drug-likeness (QED) is 0.657. The van der Waals surface area contributed by atoms with Gasteiger partial charge in [0.1, 0.15) is 5.69 Å². The third-order valence-corrected chi connectivity index (χ3v) is 4.92. The maximum atomic E-state index is 12.4. The molecule has 28 heavy (non-hydrogen) atoms. The molecular weight excluding hydrogens is 378 g/mol. The number of carbonyl (C=O) groups excluding carboxylic acids is 2. The Bertz CT molecular complexity index is 1070. The normalized spacial score (nSPS) is 10.8. The summed E-state index contributed by atoms with van der Waals surface area (Å²) in [6, 6.07) is 12.3. The number of rotatable bonds is 6. The van der Waals surface area contributed by atoms with Crippen molar-refractivity contribution in [3.63, 3.8) is 0 Å². The third kappa shape index (κ3) is 4.15. The second kappa shape index (κ2) is 8.13. The van der Waals surface area contributed by atoms with Gasteiger partial charge in [0.25, 0.3) is 11.5 Å². The number of aromatic nitrogens is 3. The maximum absolute atomic E-state index is 12.4. The molecule has 0 atom stereocenters. The molecule has 2 amide bonds. The molecule has 0 unspecified atom stereocenters. The topological polar surface area (TPSA) is 120 Å². The van der Waals surface area contributed by atoms with Gasteiger partial charge in [0.05, 0.1) is 23.2 Å². The highest BCUT2D eigenvalue weighted by Gasteiger charge is 2.21. The minimum atomic E-state index is -0.640. The minimum absolute atomic E-state index is 0.112. The molecule has 0 bridgehead atoms. The second-order valence-corrected chi connectivity index (χ2v) is 7.31. The molecule has 3 aromatic rings. The second-order valence-electron chi connectivity index (χ2n) is 6.31. The van der Waals surface area contributed by atoms with Gasteiger partial charge in [-0.3, -0.25) is 14.4 Å². The maximum Gasteiger partial charge on any atom is 0.280 e. The minimum Gasteiger partial charge on any atom is -0.368 e. The van der Waals surface area contributed by atoms with E-state index in [0.29, 0.717) is 16.3 Å². The first kappa shape index (κ1) is 19.4. The summed E-state index contributed by atoms with van der Waals surface area (Å²) < 4.78 is 1.39. The van der Waals surface area contributed by atoms with Gasteiger partial charge >= 0.3 is 0 Å². The van der Waals surface area contributed by atoms with E-state index in [4.69, 9.17) is 5.73 Å². The molecular formula is C19H19N5O3S. The number of primary amides is 1. The molecule has 8 nitrogen and oxygen atoms in total. The van der Waals surface area contributed by atoms with Gasteiger partial charge in [0.2, 0.25) is 5.91 Å². The van der Waals surface area contributed by atoms with Crippen molar-refractivity contribution in [1.29, 1.82) is 0 Å². The van der Waals surface area contributed by atoms with Crippen LogP contribution in [0.2, 0.25) is 0 Å². The van der Waals surface area contributed by atoms with Gasteiger partial charge in [-0.25, -0.2) is 9.67 Å². The zero-order chi connectivity index (χ0) is 20.3. The van der Waals surface area contributed by atoms with Gasteiger partial charge in [-0.05, 0) is 19.9 Å². The van der Waals surface area contributed by atoms with Crippen molar-refractivity contribution in [2.24, 2.45) is 5.73 Å². The molecule has 0 aliphatic heterocycles. The SMILES string of the molecule is CC(C)n1nc(-c2sc(C(=O)NCC(N)=O)nc2-c2ccccc2)ccc1=O. The summed E-state index contributed by atoms with van der Waals surface area (Å²) in [7, 11) is 0. The molecule has 9 heteroatoms. The molecule has 3 N–H and O–H groups in total. The molecule has 0 fully saturated rings. The van der Waals surface area contributed by atoms with E-state index in [-0.39, 0.29) is 23.2 Å². The van der Waals surface area contributed by atoms with E-state index >= 15 is 0 Å². The van der Waals surface area contributed by atoms with Gasteiger partial charge in [-0.1, -0.05) is 30.3 Å². The van der Waals surface area contributed by atoms with Crippen LogP contribution in [0.4, 0.5) is 0 Å². The Morgan fingerprint density at radius 1 is 1.18 bits per heavy atom. The predicted molar refractivity (Wildman–Crippen MR) is 107 cm³/mol. The molecule has 0 saturated heterocycles. The average Bonchev–Trinajstić information content (AvgIpc) is 3.12. The van der Waals surface area contributed by atoms with Crippen molar-refractivity contribution in [2.75, 3.05) is 6.54 Å². The van der Waals surface area contributed by atoms with Crippen LogP contribution < -0.4 is 16.6 Å². The largest absolute Gasteiger partial charge is 0.368 e. The lowest BCUT2D eigenvalue weighted by Crippen LogP contribution is -2.33. The first-order valence-electron chi connectivity index (χ1n) is 8.60. The van der Waals surface area contributed by atoms with Crippen LogP contribution in [-0.2, 0) is 4.79 Å². The molecule has 0 saturated carbocycles. The summed E-state index contributed by atoms with van der Waals surface area (Å²) in [5, 5.41) is 7.06. The zero-order valence-electron chi connectivity index (χ0n) is 15.4. The van der Waals surface area contributed by atoms with E-state index in [9.17, 15) is 14.4 Å². The molecule has 0 aliphatic carbocycles. The lowest BCUT2D eigenvalue weighted by atomic mass is 10.1. The smallest absolute Gasteiger partial charge is 0.280 e. The van der Waals surface area contributed by atoms with E-state index in [1.165, 1.54) is 10.7 Å². The molecule has 0 spiro atoms. The van der Waals surface area contributed by atoms with Crippen molar-refractivity contribution >= 4 is 23.2 Å². The van der Waals surface area contributed by atoms with Crippen LogP contribution in [0.3, 0.4) is 0 Å². The Hall–Kier alpha value is -3.33. The summed E-state index contributed by atoms with van der Waals surface area (Å²) in [4.78, 5) is 40.4. The third-order valence-electron chi connectivity index (χ3n) is 3.84. The van der Waals surface area contributed by atoms with Crippen LogP contribution in [0, 0.1) is 0 Å². The van der Waals surface area contributed by atoms with Gasteiger partial charge in [-0.2, -0.15) is 5.10 Å². The Morgan fingerprint density at radius 2 is 1.89 bits per heavy atom. The van der Waals surface area contributed by atoms with Crippen molar-refractivity contribution in [1.82, 2.24) is 20.1 Å². The van der Waals surface area contributed by atoms with Gasteiger partial charge < -0.3 is 11.1 Å². The highest BCUT2D eigenvalue weighted by Crippen LogP contribution is 2.35. The Balaban J connectivity index is 2.11. The van der Waals surface area contributed by atoms with E-state index < -0.39 is 11.8 Å². The Morgan fingerprint density at radius 3 is 2.54 bits per heavy atom. The monoisotopic (exact) mass is 397 g/mol. The first-order chi connectivity index (χ1) is 13.4. The number of carbonyl (C=O) groups is 2. The molecule has 1 aromatic carbocycles. The van der Waals surface area contributed by atoms with E-state index in [2.05, 4.69) is 15.4 Å². The van der Waals surface area contributed by atoms with Crippen LogP contribution in [0.5, 0.6) is 0 Å². The summed E-state index contributed by atoms with van der Waals surface area (Å²) in [5.74, 6) is -1.14. The lowest BCUT2D eigenvalue weighted by Gasteiger charge is -2.09. The molecule has 0 aliphatic rings. The number of amides is 2. The fraction of sp³-hybridized carbons (Fsp3) is 0.211. The molecule has 3 rings (SSSR count). The van der Waals surface area contributed by atoms with Crippen molar-refractivity contribution in [3.05, 3.63) is 57.8 Å². The fourth-order valence-electron chi connectivity index (χ4n) is 2.54. The number of nitrogens with two attached hydrogens (primary N) is 1. The van der Waals surface area contributed by atoms with Crippen LogP contribution >= 0.6 is 11.3 Å². The fourth-order valence-corrected chi connectivity index (χ4v) is 3.51. The number of hydrogen-bond donors (Lipinski definition) is 2. The number of thiazole rings is 1. The van der Waals surface area contributed by atoms with Crippen LogP contribution in [0.1, 0.15) is 29.7 Å². The van der Waals surface area contributed by atoms with Crippen LogP contribution in [0.25, 0.3) is 21.8 Å². The Kier molecular flexibility index (Phi) is 5.65. The highest BCUT2D eigenvalue weighted by atomic mass is 32.1. The van der Waals surface area contributed by atoms with E-state index in [1.54, 1.807) is 6.07 Å². The van der Waals surface area contributed by atoms with Gasteiger partial charge in [0.15, 0.2) is 5.01 Å². The summed E-state index contributed by atoms with van der Waals surface area (Å²) in [5.41, 5.74) is 6.81. The van der Waals surface area contributed by atoms with E-state index in [1.807, 2.05) is 44.2 Å². The predicted octanol–water partition coefficient (Wildman–Crippen LogP) is 1.83. The van der Waals surface area contributed by atoms with Crippen molar-refractivity contribution in [2.45, 2.75) is 19.9 Å². The van der Waals surface area contributed by atoms with Crippen molar-refractivity contribution < 1.29 is 9.59 Å². The molecule has 0 radical (unpaired) electrons. The average molecular weight is 397 g/mol. The van der Waals surface area contributed by atoms with Crippen LogP contribution in [0.15, 0.2) is 47.3 Å². The first-order valence-corrected chi connectivity index (χ1v) is 9.41. The van der Waals surface area contributed by atoms with Gasteiger partial charge in [0, 0.05) is 11.6 Å². The number of hydrogen-bond acceptors (Lipinski definition) is 6. The lowest BCUT2D eigenvalue weighted by molar-refractivity contribution is -0.117. The van der Waals surface area contributed by atoms with Crippen molar-refractivity contribution in [3.8, 4) is 21.8 Å². The number of nitrogens with one attached hydrogen (secondary N) is 1. The van der Waals surface area contributed by atoms with Crippen LogP contribution in [-0.4, -0.2) is 33.1 Å². The van der Waals surface area contributed by atoms with E-state index in [0.717, 1.165) is 16.9 Å². The summed E-state index contributed by atoms with van der Waals surface area (Å²) in [6.45, 7) is 3.46. The zero-order valence-corrected chi connectivity index (χ0v) is 16.2. The molecule has 2 heterocycles. The number of benzene rings is 1. The summed E-state index contributed by atoms with van der Waals surface area (Å²) >= 11 is 1.14. The Labute approximate surface area is 165 Å². The highest BCUT2D eigenvalue weighted by molar-refractivity contribution is 7.17. The van der Waals surface area contributed by atoms with Gasteiger partial charge in [-0.15, -0.1) is 11.3 Å². The standard InChI is InChI=1S/C19H19N5O3S/c1-11(2)24-15(26)9-8-13(23-24)17-16(12-6-4-3-5-7-12)22-19(28-17)18(27)21-10-14(20)25/h3-9,11H,10H2,1-2H3,(H2,20,25)(H,21,27). The number of nitrogens with zero attached hydrogens (tertiary/aromatic N) is 3. The molecule has 144 valence electrons.